The smallest absolute Gasteiger partial charge is 0.238 e. The third-order valence-electron chi connectivity index (χ3n) is 14.0. The summed E-state index contributed by atoms with van der Waals surface area (Å²) in [6.07, 6.45) is 19.3. The van der Waals surface area contributed by atoms with Gasteiger partial charge in [0.15, 0.2) is 11.6 Å². The Morgan fingerprint density at radius 1 is 0.500 bits per heavy atom. The molecule has 8 nitrogen and oxygen atoms in total. The Labute approximate surface area is 330 Å². The second-order valence-electron chi connectivity index (χ2n) is 17.3. The third kappa shape index (κ3) is 6.03. The Hall–Kier alpha value is -4.63. The topological polar surface area (TPSA) is 82.9 Å². The molecule has 2 aromatic heterocycles. The molecule has 0 bridgehead atoms. The zero-order valence-corrected chi connectivity index (χ0v) is 32.4. The number of rotatable bonds is 6. The van der Waals surface area contributed by atoms with E-state index in [4.69, 9.17) is 15.0 Å². The van der Waals surface area contributed by atoms with Crippen LogP contribution in [0.15, 0.2) is 97.1 Å². The fourth-order valence-corrected chi connectivity index (χ4v) is 11.4. The van der Waals surface area contributed by atoms with Gasteiger partial charge < -0.3 is 4.90 Å². The van der Waals surface area contributed by atoms with Crippen molar-refractivity contribution in [2.45, 2.75) is 120 Å². The molecule has 1 saturated heterocycles. The monoisotopic (exact) mass is 742 g/mol. The molecule has 2 aliphatic heterocycles. The van der Waals surface area contributed by atoms with E-state index >= 15 is 0 Å². The highest BCUT2D eigenvalue weighted by atomic mass is 15.5. The predicted octanol–water partition coefficient (Wildman–Crippen LogP) is 10.0. The van der Waals surface area contributed by atoms with Crippen LogP contribution < -0.4 is 20.9 Å². The number of anilines is 1. The fraction of sp³-hybridized carbons (Fsp3) is 0.438. The highest BCUT2D eigenvalue weighted by molar-refractivity contribution is 6.13. The van der Waals surface area contributed by atoms with Crippen molar-refractivity contribution in [2.75, 3.05) is 4.90 Å². The Balaban J connectivity index is 1.07. The van der Waals surface area contributed by atoms with Crippen molar-refractivity contribution in [3.05, 3.63) is 103 Å². The Morgan fingerprint density at radius 3 is 1.71 bits per heavy atom. The molecule has 286 valence electrons. The number of nitrogens with one attached hydrogen (secondary N) is 3. The summed E-state index contributed by atoms with van der Waals surface area (Å²) in [6, 6.07) is 34.9. The maximum atomic E-state index is 5.24. The number of benzene rings is 4. The van der Waals surface area contributed by atoms with Crippen LogP contribution in [0.4, 0.5) is 5.69 Å². The van der Waals surface area contributed by atoms with Crippen LogP contribution in [0.3, 0.4) is 0 Å². The molecule has 3 aliphatic carbocycles. The number of para-hydroxylation sites is 1. The number of aromatic nitrogens is 4. The number of hydrogen-bond acceptors (Lipinski definition) is 7. The van der Waals surface area contributed by atoms with Crippen LogP contribution in [0, 0.1) is 11.8 Å². The molecule has 4 aromatic carbocycles. The van der Waals surface area contributed by atoms with Crippen LogP contribution in [0.5, 0.6) is 0 Å². The summed E-state index contributed by atoms with van der Waals surface area (Å²) in [5.74, 6) is 3.87. The van der Waals surface area contributed by atoms with E-state index in [-0.39, 0.29) is 6.29 Å². The van der Waals surface area contributed by atoms with Crippen LogP contribution in [-0.4, -0.2) is 44.2 Å². The number of hydrogen-bond donors (Lipinski definition) is 3. The lowest BCUT2D eigenvalue weighted by atomic mass is 9.81. The molecule has 3 N–H and O–H groups in total. The van der Waals surface area contributed by atoms with Crippen LogP contribution in [-0.2, 0) is 0 Å². The molecule has 4 fully saturated rings. The van der Waals surface area contributed by atoms with Gasteiger partial charge in [-0.25, -0.2) is 4.98 Å². The summed E-state index contributed by atoms with van der Waals surface area (Å²) in [5.41, 5.74) is 7.20. The van der Waals surface area contributed by atoms with Crippen molar-refractivity contribution in [3.63, 3.8) is 0 Å². The molecule has 4 atom stereocenters. The highest BCUT2D eigenvalue weighted by Crippen LogP contribution is 2.53. The first-order valence-corrected chi connectivity index (χ1v) is 21.8. The van der Waals surface area contributed by atoms with Gasteiger partial charge in [0.05, 0.1) is 23.4 Å². The van der Waals surface area contributed by atoms with Gasteiger partial charge in [0.25, 0.3) is 0 Å². The van der Waals surface area contributed by atoms with Crippen molar-refractivity contribution in [2.24, 2.45) is 11.8 Å². The summed E-state index contributed by atoms with van der Waals surface area (Å²) in [7, 11) is 0. The molecule has 4 heterocycles. The van der Waals surface area contributed by atoms with Gasteiger partial charge in [0, 0.05) is 39.5 Å². The van der Waals surface area contributed by atoms with Gasteiger partial charge in [-0.15, -0.1) is 0 Å². The minimum Gasteiger partial charge on any atom is -0.340 e. The van der Waals surface area contributed by atoms with Gasteiger partial charge in [-0.05, 0) is 74.1 Å². The zero-order valence-electron chi connectivity index (χ0n) is 32.4. The first-order valence-electron chi connectivity index (χ1n) is 21.8. The third-order valence-corrected chi connectivity index (χ3v) is 14.0. The molecular weight excluding hydrogens is 689 g/mol. The summed E-state index contributed by atoms with van der Waals surface area (Å²) in [6.45, 7) is 0. The molecule has 4 unspecified atom stereocenters. The Kier molecular flexibility index (Phi) is 9.09. The Morgan fingerprint density at radius 2 is 1.07 bits per heavy atom. The summed E-state index contributed by atoms with van der Waals surface area (Å²) < 4.78 is 2.31. The summed E-state index contributed by atoms with van der Waals surface area (Å²) in [5, 5.41) is 15.3. The van der Waals surface area contributed by atoms with Crippen molar-refractivity contribution in [3.8, 4) is 28.7 Å². The molecule has 8 heteroatoms. The largest absolute Gasteiger partial charge is 0.340 e. The predicted molar refractivity (Wildman–Crippen MR) is 226 cm³/mol. The molecular formula is C48H54N8. The highest BCUT2D eigenvalue weighted by Gasteiger charge is 2.47. The van der Waals surface area contributed by atoms with E-state index in [1.54, 1.807) is 0 Å². The molecule has 3 saturated carbocycles. The molecule has 0 spiro atoms. The maximum absolute atomic E-state index is 5.24. The van der Waals surface area contributed by atoms with E-state index in [0.717, 1.165) is 16.6 Å². The minimum absolute atomic E-state index is 0.0955. The van der Waals surface area contributed by atoms with E-state index in [0.29, 0.717) is 53.7 Å². The normalized spacial score (nSPS) is 26.1. The summed E-state index contributed by atoms with van der Waals surface area (Å²) in [4.78, 5) is 18.3. The first-order chi connectivity index (χ1) is 27.8. The van der Waals surface area contributed by atoms with Crippen LogP contribution in [0.2, 0.25) is 0 Å². The maximum Gasteiger partial charge on any atom is 0.238 e. The second-order valence-corrected chi connectivity index (χ2v) is 17.3. The minimum atomic E-state index is 0.0955. The van der Waals surface area contributed by atoms with Crippen molar-refractivity contribution < 1.29 is 0 Å². The van der Waals surface area contributed by atoms with Gasteiger partial charge in [-0.1, -0.05) is 130 Å². The number of nitrogens with zero attached hydrogens (tertiary/aromatic N) is 5. The van der Waals surface area contributed by atoms with Crippen LogP contribution in [0.1, 0.15) is 101 Å². The van der Waals surface area contributed by atoms with E-state index in [2.05, 4.69) is 110 Å². The fourth-order valence-electron chi connectivity index (χ4n) is 11.4. The molecule has 56 heavy (non-hydrogen) atoms. The number of fused-ring (bicyclic) bond motifs is 7. The lowest BCUT2D eigenvalue weighted by Gasteiger charge is -2.50. The molecule has 11 rings (SSSR count). The molecule has 0 radical (unpaired) electrons. The van der Waals surface area contributed by atoms with Crippen LogP contribution >= 0.6 is 0 Å². The van der Waals surface area contributed by atoms with Gasteiger partial charge in [0.1, 0.15) is 6.29 Å². The average Bonchev–Trinajstić information content (AvgIpc) is 3.80. The standard InChI is InChI=1S/C48H54N8/c1-5-17-31(18-6-1)43-49-44(32-19-7-2-8-20-32)52-47(51-43)55-37-27-15-13-25-35(37)41-39(55)29-30-40-42(41)36-26-14-16-28-38(36)56(40)48-53-45(33-21-9-3-10-22-33)50-46(54-48)34-23-11-4-12-24-34/h1-2,5-8,13,15,17-20,25,27,29-30,33-34,36,38,45-46,48,50,53-54H,3-4,9-12,14,16,21-24,26,28H2. The van der Waals surface area contributed by atoms with Gasteiger partial charge in [-0.3, -0.25) is 20.5 Å². The lowest BCUT2D eigenvalue weighted by molar-refractivity contribution is 0.0848. The Bertz CT molecular complexity index is 2240. The van der Waals surface area contributed by atoms with E-state index < -0.39 is 0 Å². The molecule has 0 amide bonds. The average molecular weight is 743 g/mol. The summed E-state index contributed by atoms with van der Waals surface area (Å²) >= 11 is 0. The SMILES string of the molecule is c1ccc(-c2nc(-c3ccccc3)nc(-n3c4ccccc4c4c5c(ccc43)N(C3NC(C4CCCCC4)NC(C4CCCCC4)N3)C3CCCCC53)n2)cc1. The molecule has 6 aromatic rings. The van der Waals surface area contributed by atoms with Gasteiger partial charge in [0.2, 0.25) is 5.95 Å². The van der Waals surface area contributed by atoms with E-state index in [1.807, 2.05) is 12.1 Å². The van der Waals surface area contributed by atoms with Crippen molar-refractivity contribution in [1.82, 2.24) is 35.5 Å². The van der Waals surface area contributed by atoms with Crippen LogP contribution in [0.25, 0.3) is 50.5 Å². The van der Waals surface area contributed by atoms with Crippen molar-refractivity contribution >= 4 is 27.5 Å². The van der Waals surface area contributed by atoms with Gasteiger partial charge >= 0.3 is 0 Å². The zero-order chi connectivity index (χ0) is 37.0. The lowest BCUT2D eigenvalue weighted by Crippen LogP contribution is -2.75. The van der Waals surface area contributed by atoms with E-state index in [1.165, 1.54) is 117 Å². The first kappa shape index (κ1) is 34.6. The quantitative estimate of drug-likeness (QED) is 0.157. The molecule has 5 aliphatic rings. The van der Waals surface area contributed by atoms with Crippen molar-refractivity contribution in [1.29, 1.82) is 0 Å². The van der Waals surface area contributed by atoms with E-state index in [9.17, 15) is 0 Å². The second kappa shape index (κ2) is 14.7. The van der Waals surface area contributed by atoms with Gasteiger partial charge in [-0.2, -0.15) is 9.97 Å².